The van der Waals surface area contributed by atoms with Gasteiger partial charge in [0.05, 0.1) is 24.7 Å². The summed E-state index contributed by atoms with van der Waals surface area (Å²) in [7, 11) is 2.97. The van der Waals surface area contributed by atoms with Crippen LogP contribution in [0.25, 0.3) is 0 Å². The fraction of sp³-hybridized carbons (Fsp3) is 0.375. The molecule has 2 heterocycles. The zero-order valence-electron chi connectivity index (χ0n) is 13.8. The number of carbonyl (C=O) groups excluding carboxylic acids is 1. The van der Waals surface area contributed by atoms with Crippen molar-refractivity contribution in [3.8, 4) is 17.2 Å². The summed E-state index contributed by atoms with van der Waals surface area (Å²) in [4.78, 5) is 12.2. The second kappa shape index (κ2) is 6.27. The third-order valence-corrected chi connectivity index (χ3v) is 5.42. The first kappa shape index (κ1) is 16.5. The van der Waals surface area contributed by atoms with Crippen molar-refractivity contribution < 1.29 is 19.4 Å². The second-order valence-corrected chi connectivity index (χ2v) is 6.98. The molecule has 0 saturated heterocycles. The van der Waals surface area contributed by atoms with E-state index in [1.165, 1.54) is 26.0 Å². The van der Waals surface area contributed by atoms with Crippen molar-refractivity contribution in [3.05, 3.63) is 29.0 Å². The number of nitrogens with one attached hydrogen (secondary N) is 2. The molecule has 2 atom stereocenters. The SMILES string of the molecule is COc1cc([C@@H]2S[C@H](C)C(=O)Nc3n[nH]c(C)c32)cc(OC)c1O. The zero-order valence-corrected chi connectivity index (χ0v) is 14.7. The lowest BCUT2D eigenvalue weighted by Crippen LogP contribution is -2.21. The van der Waals surface area contributed by atoms with Crippen molar-refractivity contribution in [1.82, 2.24) is 10.2 Å². The number of methoxy groups -OCH3 is 2. The van der Waals surface area contributed by atoms with Crippen LogP contribution in [0.4, 0.5) is 5.82 Å². The molecule has 1 aromatic heterocycles. The van der Waals surface area contributed by atoms with Gasteiger partial charge in [-0.25, -0.2) is 0 Å². The van der Waals surface area contributed by atoms with Gasteiger partial charge in [0.15, 0.2) is 17.3 Å². The molecule has 128 valence electrons. The summed E-state index contributed by atoms with van der Waals surface area (Å²) in [6.45, 7) is 3.77. The van der Waals surface area contributed by atoms with E-state index in [0.29, 0.717) is 17.3 Å². The molecule has 0 spiro atoms. The minimum Gasteiger partial charge on any atom is -0.502 e. The van der Waals surface area contributed by atoms with E-state index in [0.717, 1.165) is 16.8 Å². The Morgan fingerprint density at radius 2 is 1.88 bits per heavy atom. The van der Waals surface area contributed by atoms with E-state index >= 15 is 0 Å². The van der Waals surface area contributed by atoms with Gasteiger partial charge in [-0.1, -0.05) is 0 Å². The molecule has 8 heteroatoms. The number of phenolic OH excluding ortho intramolecular Hbond substituents is 1. The maximum atomic E-state index is 12.2. The third kappa shape index (κ3) is 2.66. The molecule has 1 amide bonds. The lowest BCUT2D eigenvalue weighted by Gasteiger charge is -2.20. The number of carbonyl (C=O) groups is 1. The number of rotatable bonds is 3. The Bertz CT molecular complexity index is 765. The summed E-state index contributed by atoms with van der Waals surface area (Å²) in [6.07, 6.45) is 0. The number of fused-ring (bicyclic) bond motifs is 1. The van der Waals surface area contributed by atoms with Gasteiger partial charge in [-0.2, -0.15) is 5.10 Å². The van der Waals surface area contributed by atoms with Crippen LogP contribution in [0.3, 0.4) is 0 Å². The van der Waals surface area contributed by atoms with Gasteiger partial charge in [0.1, 0.15) is 0 Å². The highest BCUT2D eigenvalue weighted by molar-refractivity contribution is 8.01. The maximum absolute atomic E-state index is 12.2. The number of hydrogen-bond acceptors (Lipinski definition) is 6. The number of thioether (sulfide) groups is 1. The monoisotopic (exact) mass is 349 g/mol. The summed E-state index contributed by atoms with van der Waals surface area (Å²) in [5, 5.41) is 19.7. The van der Waals surface area contributed by atoms with E-state index in [2.05, 4.69) is 15.5 Å². The molecule has 0 unspecified atom stereocenters. The maximum Gasteiger partial charge on any atom is 0.238 e. The number of aryl methyl sites for hydroxylation is 1. The number of hydrogen-bond donors (Lipinski definition) is 3. The highest BCUT2D eigenvalue weighted by atomic mass is 32.2. The minimum atomic E-state index is -0.255. The van der Waals surface area contributed by atoms with Gasteiger partial charge >= 0.3 is 0 Å². The third-order valence-electron chi connectivity index (χ3n) is 4.01. The molecule has 0 fully saturated rings. The smallest absolute Gasteiger partial charge is 0.238 e. The number of phenols is 1. The predicted molar refractivity (Wildman–Crippen MR) is 92.1 cm³/mol. The zero-order chi connectivity index (χ0) is 17.4. The molecule has 3 rings (SSSR count). The molecular weight excluding hydrogens is 330 g/mol. The van der Waals surface area contributed by atoms with Crippen LogP contribution in [0.2, 0.25) is 0 Å². The van der Waals surface area contributed by atoms with Crippen LogP contribution < -0.4 is 14.8 Å². The average Bonchev–Trinajstić information content (AvgIpc) is 2.86. The van der Waals surface area contributed by atoms with Crippen molar-refractivity contribution in [2.24, 2.45) is 0 Å². The second-order valence-electron chi connectivity index (χ2n) is 5.53. The van der Waals surface area contributed by atoms with Gasteiger partial charge < -0.3 is 19.9 Å². The first-order valence-electron chi connectivity index (χ1n) is 7.42. The highest BCUT2D eigenvalue weighted by Crippen LogP contribution is 2.48. The Hall–Kier alpha value is -2.35. The molecule has 0 aliphatic carbocycles. The van der Waals surface area contributed by atoms with E-state index in [1.807, 2.05) is 13.8 Å². The van der Waals surface area contributed by atoms with E-state index in [4.69, 9.17) is 9.47 Å². The summed E-state index contributed by atoms with van der Waals surface area (Å²) in [5.41, 5.74) is 2.65. The van der Waals surface area contributed by atoms with Crippen molar-refractivity contribution in [1.29, 1.82) is 0 Å². The molecule has 0 bridgehead atoms. The fourth-order valence-electron chi connectivity index (χ4n) is 2.72. The normalized spacial score (nSPS) is 20.1. The number of benzene rings is 1. The Balaban J connectivity index is 2.17. The number of aromatic hydroxyl groups is 1. The average molecular weight is 349 g/mol. The number of amides is 1. The number of nitrogens with zero attached hydrogens (tertiary/aromatic N) is 1. The van der Waals surface area contributed by atoms with Gasteiger partial charge in [0.25, 0.3) is 0 Å². The molecule has 7 nitrogen and oxygen atoms in total. The lowest BCUT2D eigenvalue weighted by atomic mass is 10.0. The van der Waals surface area contributed by atoms with E-state index in [-0.39, 0.29) is 22.2 Å². The number of ether oxygens (including phenoxy) is 2. The number of aromatic amines is 1. The molecule has 3 N–H and O–H groups in total. The summed E-state index contributed by atoms with van der Waals surface area (Å²) < 4.78 is 10.5. The van der Waals surface area contributed by atoms with Gasteiger partial charge in [-0.05, 0) is 31.5 Å². The Labute approximate surface area is 143 Å². The van der Waals surface area contributed by atoms with Gasteiger partial charge in [0.2, 0.25) is 11.7 Å². The number of anilines is 1. The molecule has 1 aromatic carbocycles. The van der Waals surface area contributed by atoms with Crippen LogP contribution in [0.5, 0.6) is 17.2 Å². The van der Waals surface area contributed by atoms with Crippen LogP contribution >= 0.6 is 11.8 Å². The molecule has 24 heavy (non-hydrogen) atoms. The molecule has 2 aromatic rings. The Morgan fingerprint density at radius 3 is 2.46 bits per heavy atom. The molecule has 1 aliphatic heterocycles. The molecule has 0 saturated carbocycles. The first-order valence-corrected chi connectivity index (χ1v) is 8.36. The lowest BCUT2D eigenvalue weighted by molar-refractivity contribution is -0.115. The van der Waals surface area contributed by atoms with Crippen LogP contribution in [-0.2, 0) is 4.79 Å². The van der Waals surface area contributed by atoms with Crippen LogP contribution in [-0.4, -0.2) is 40.7 Å². The summed E-state index contributed by atoms with van der Waals surface area (Å²) >= 11 is 1.51. The molecule has 1 aliphatic rings. The van der Waals surface area contributed by atoms with E-state index in [1.54, 1.807) is 12.1 Å². The summed E-state index contributed by atoms with van der Waals surface area (Å²) in [6, 6.07) is 3.52. The fourth-order valence-corrected chi connectivity index (χ4v) is 4.03. The van der Waals surface area contributed by atoms with Crippen LogP contribution in [0.1, 0.15) is 29.0 Å². The number of H-pyrrole nitrogens is 1. The summed E-state index contributed by atoms with van der Waals surface area (Å²) in [5.74, 6) is 1.04. The van der Waals surface area contributed by atoms with Crippen LogP contribution in [0.15, 0.2) is 12.1 Å². The quantitative estimate of drug-likeness (QED) is 0.788. The Morgan fingerprint density at radius 1 is 1.25 bits per heavy atom. The topological polar surface area (TPSA) is 96.5 Å². The molecule has 0 radical (unpaired) electrons. The van der Waals surface area contributed by atoms with Crippen molar-refractivity contribution in [2.45, 2.75) is 24.3 Å². The van der Waals surface area contributed by atoms with Gasteiger partial charge in [-0.3, -0.25) is 9.89 Å². The van der Waals surface area contributed by atoms with E-state index < -0.39 is 0 Å². The molecular formula is C16H19N3O4S. The highest BCUT2D eigenvalue weighted by Gasteiger charge is 2.33. The standard InChI is InChI=1S/C16H19N3O4S/c1-7-12-14(24-8(2)16(21)17-15(12)19-18-7)9-5-10(22-3)13(20)11(6-9)23-4/h5-6,8,14,20H,1-4H3,(H2,17,18,19,21)/t8-,14+/m1/s1. The predicted octanol–water partition coefficient (Wildman–Crippen LogP) is 2.60. The van der Waals surface area contributed by atoms with Crippen molar-refractivity contribution in [2.75, 3.05) is 19.5 Å². The number of aromatic nitrogens is 2. The van der Waals surface area contributed by atoms with E-state index in [9.17, 15) is 9.90 Å². The first-order chi connectivity index (χ1) is 11.5. The van der Waals surface area contributed by atoms with Crippen molar-refractivity contribution in [3.63, 3.8) is 0 Å². The Kier molecular flexibility index (Phi) is 4.31. The van der Waals surface area contributed by atoms with Crippen LogP contribution in [0, 0.1) is 6.92 Å². The minimum absolute atomic E-state index is 0.0474. The largest absolute Gasteiger partial charge is 0.502 e. The van der Waals surface area contributed by atoms with Crippen molar-refractivity contribution >= 4 is 23.5 Å². The van der Waals surface area contributed by atoms with Gasteiger partial charge in [-0.15, -0.1) is 11.8 Å². The van der Waals surface area contributed by atoms with Gasteiger partial charge in [0, 0.05) is 11.3 Å².